The number of hydrogen-bond acceptors (Lipinski definition) is 1. The fourth-order valence-corrected chi connectivity index (χ4v) is 1.67. The van der Waals surface area contributed by atoms with E-state index in [1.807, 2.05) is 44.4 Å². The number of hydrogen-bond donors (Lipinski definition) is 1. The lowest BCUT2D eigenvalue weighted by Gasteiger charge is -2.24. The highest BCUT2D eigenvalue weighted by Gasteiger charge is 2.32. The van der Waals surface area contributed by atoms with Crippen LogP contribution in [0.25, 0.3) is 5.70 Å². The van der Waals surface area contributed by atoms with Crippen molar-refractivity contribution in [2.75, 3.05) is 14.1 Å². The average molecular weight is 189 g/mol. The van der Waals surface area contributed by atoms with Crippen LogP contribution in [0.2, 0.25) is 0 Å². The third-order valence-corrected chi connectivity index (χ3v) is 2.33. The molecule has 0 aliphatic carbocycles. The van der Waals surface area contributed by atoms with Crippen LogP contribution < -0.4 is 5.43 Å². The van der Waals surface area contributed by atoms with Crippen LogP contribution in [-0.4, -0.2) is 24.6 Å². The zero-order valence-electron chi connectivity index (χ0n) is 8.32. The van der Waals surface area contributed by atoms with Gasteiger partial charge in [0, 0.05) is 5.56 Å². The largest absolute Gasteiger partial charge is 0.295 e. The minimum atomic E-state index is -0.0335. The number of quaternary nitrogens is 1. The molecule has 0 radical (unpaired) electrons. The standard InChI is InChI=1S/C11H12N2O/c1-13(2)10(8-11(14)12-13)9-6-4-3-5-7-9/h3-8H,1-2H3/p+1. The number of carbonyl (C=O) groups is 1. The highest BCUT2D eigenvalue weighted by Crippen LogP contribution is 2.24. The molecule has 1 aromatic rings. The minimum absolute atomic E-state index is 0.0335. The van der Waals surface area contributed by atoms with Crippen LogP contribution in [0.3, 0.4) is 0 Å². The first-order valence-corrected chi connectivity index (χ1v) is 4.53. The summed E-state index contributed by atoms with van der Waals surface area (Å²) < 4.78 is 0.406. The van der Waals surface area contributed by atoms with Gasteiger partial charge in [0.2, 0.25) is 0 Å². The van der Waals surface area contributed by atoms with E-state index >= 15 is 0 Å². The Kier molecular flexibility index (Phi) is 1.89. The summed E-state index contributed by atoms with van der Waals surface area (Å²) in [4.78, 5) is 11.2. The number of nitrogens with one attached hydrogen (secondary N) is 1. The van der Waals surface area contributed by atoms with Crippen molar-refractivity contribution in [3.8, 4) is 0 Å². The molecular weight excluding hydrogens is 176 g/mol. The fraction of sp³-hybridized carbons (Fsp3) is 0.182. The molecule has 1 aliphatic rings. The van der Waals surface area contributed by atoms with Crippen LogP contribution in [0, 0.1) is 0 Å². The van der Waals surface area contributed by atoms with Crippen molar-refractivity contribution in [1.29, 1.82) is 0 Å². The molecule has 0 unspecified atom stereocenters. The second-order valence-electron chi connectivity index (χ2n) is 3.83. The van der Waals surface area contributed by atoms with Gasteiger partial charge in [-0.25, -0.2) is 0 Å². The SMILES string of the molecule is C[N+]1(C)NC(=O)C=C1c1ccccc1. The first-order chi connectivity index (χ1) is 6.59. The molecule has 72 valence electrons. The maximum Gasteiger partial charge on any atom is 0.295 e. The molecule has 0 bridgehead atoms. The van der Waals surface area contributed by atoms with Crippen LogP contribution in [0.15, 0.2) is 36.4 Å². The van der Waals surface area contributed by atoms with Gasteiger partial charge in [-0.1, -0.05) is 18.2 Å². The molecule has 0 spiro atoms. The van der Waals surface area contributed by atoms with Crippen molar-refractivity contribution < 1.29 is 9.39 Å². The Balaban J connectivity index is 2.45. The maximum absolute atomic E-state index is 11.2. The quantitative estimate of drug-likeness (QED) is 0.660. The van der Waals surface area contributed by atoms with Gasteiger partial charge in [0.25, 0.3) is 5.91 Å². The van der Waals surface area contributed by atoms with Crippen LogP contribution in [0.4, 0.5) is 0 Å². The van der Waals surface area contributed by atoms with Crippen LogP contribution >= 0.6 is 0 Å². The third kappa shape index (κ3) is 1.42. The normalized spacial score (nSPS) is 19.0. The van der Waals surface area contributed by atoms with Crippen molar-refractivity contribution in [2.24, 2.45) is 0 Å². The van der Waals surface area contributed by atoms with Gasteiger partial charge in [0.15, 0.2) is 5.70 Å². The van der Waals surface area contributed by atoms with Crippen molar-refractivity contribution in [1.82, 2.24) is 5.43 Å². The molecule has 14 heavy (non-hydrogen) atoms. The predicted octanol–water partition coefficient (Wildman–Crippen LogP) is 1.15. The Labute approximate surface area is 83.2 Å². The number of benzene rings is 1. The number of nitrogens with zero attached hydrogens (tertiary/aromatic N) is 1. The fourth-order valence-electron chi connectivity index (χ4n) is 1.67. The molecule has 0 saturated heterocycles. The summed E-state index contributed by atoms with van der Waals surface area (Å²) in [6.45, 7) is 0. The lowest BCUT2D eigenvalue weighted by molar-refractivity contribution is -0.851. The molecule has 1 aromatic carbocycles. The number of amides is 1. The first kappa shape index (κ1) is 8.97. The highest BCUT2D eigenvalue weighted by molar-refractivity contribution is 5.95. The molecule has 2 rings (SSSR count). The zero-order valence-corrected chi connectivity index (χ0v) is 8.32. The molecule has 1 amide bonds. The van der Waals surface area contributed by atoms with Crippen LogP contribution in [0.5, 0.6) is 0 Å². The lowest BCUT2D eigenvalue weighted by atomic mass is 10.1. The Hall–Kier alpha value is -1.61. The van der Waals surface area contributed by atoms with Crippen molar-refractivity contribution in [2.45, 2.75) is 0 Å². The summed E-state index contributed by atoms with van der Waals surface area (Å²) in [7, 11) is 3.90. The van der Waals surface area contributed by atoms with Gasteiger partial charge in [-0.05, 0) is 12.1 Å². The molecule has 0 fully saturated rings. The van der Waals surface area contributed by atoms with E-state index in [-0.39, 0.29) is 5.91 Å². The summed E-state index contributed by atoms with van der Waals surface area (Å²) in [5.74, 6) is -0.0335. The Morgan fingerprint density at radius 3 is 2.29 bits per heavy atom. The van der Waals surface area contributed by atoms with Crippen molar-refractivity contribution in [3.05, 3.63) is 42.0 Å². The predicted molar refractivity (Wildman–Crippen MR) is 54.7 cm³/mol. The van der Waals surface area contributed by atoms with E-state index in [2.05, 4.69) is 5.43 Å². The van der Waals surface area contributed by atoms with Gasteiger partial charge in [0.1, 0.15) is 0 Å². The van der Waals surface area contributed by atoms with Gasteiger partial charge < -0.3 is 0 Å². The third-order valence-electron chi connectivity index (χ3n) is 2.33. The molecule has 0 saturated carbocycles. The van der Waals surface area contributed by atoms with Crippen molar-refractivity contribution in [3.63, 3.8) is 0 Å². The lowest BCUT2D eigenvalue weighted by Crippen LogP contribution is -2.47. The highest BCUT2D eigenvalue weighted by atomic mass is 16.2. The molecule has 1 aliphatic heterocycles. The molecular formula is C11H13N2O+. The van der Waals surface area contributed by atoms with Crippen LogP contribution in [0.1, 0.15) is 5.56 Å². The summed E-state index contributed by atoms with van der Waals surface area (Å²) in [6.07, 6.45) is 1.65. The maximum atomic E-state index is 11.2. The molecule has 0 atom stereocenters. The van der Waals surface area contributed by atoms with E-state index in [1.165, 1.54) is 0 Å². The van der Waals surface area contributed by atoms with Crippen LogP contribution in [-0.2, 0) is 4.79 Å². The van der Waals surface area contributed by atoms with E-state index in [0.29, 0.717) is 4.59 Å². The minimum Gasteiger partial charge on any atom is -0.265 e. The summed E-state index contributed by atoms with van der Waals surface area (Å²) >= 11 is 0. The zero-order chi connectivity index (χ0) is 10.2. The Bertz CT molecular complexity index is 393. The van der Waals surface area contributed by atoms with Gasteiger partial charge in [-0.2, -0.15) is 10.0 Å². The van der Waals surface area contributed by atoms with E-state index in [9.17, 15) is 4.79 Å². The monoisotopic (exact) mass is 189 g/mol. The molecule has 1 heterocycles. The Morgan fingerprint density at radius 1 is 1.14 bits per heavy atom. The summed E-state index contributed by atoms with van der Waals surface area (Å²) in [6, 6.07) is 9.92. The smallest absolute Gasteiger partial charge is 0.265 e. The first-order valence-electron chi connectivity index (χ1n) is 4.53. The molecule has 3 heteroatoms. The summed E-state index contributed by atoms with van der Waals surface area (Å²) in [5.41, 5.74) is 4.92. The number of carbonyl (C=O) groups excluding carboxylic acids is 1. The van der Waals surface area contributed by atoms with E-state index < -0.39 is 0 Å². The van der Waals surface area contributed by atoms with Crippen molar-refractivity contribution >= 4 is 11.6 Å². The van der Waals surface area contributed by atoms with E-state index in [0.717, 1.165) is 11.3 Å². The second kappa shape index (κ2) is 2.96. The number of rotatable bonds is 1. The van der Waals surface area contributed by atoms with E-state index in [4.69, 9.17) is 0 Å². The molecule has 1 N–H and O–H groups in total. The summed E-state index contributed by atoms with van der Waals surface area (Å²) in [5, 5.41) is 0. The van der Waals surface area contributed by atoms with Gasteiger partial charge in [0.05, 0.1) is 20.2 Å². The topological polar surface area (TPSA) is 29.1 Å². The average Bonchev–Trinajstić information content (AvgIpc) is 2.41. The molecule has 0 aromatic heterocycles. The molecule has 3 nitrogen and oxygen atoms in total. The van der Waals surface area contributed by atoms with Gasteiger partial charge in [-0.15, -0.1) is 0 Å². The van der Waals surface area contributed by atoms with Gasteiger partial charge >= 0.3 is 0 Å². The van der Waals surface area contributed by atoms with E-state index in [1.54, 1.807) is 6.08 Å². The Morgan fingerprint density at radius 2 is 1.79 bits per heavy atom. The second-order valence-corrected chi connectivity index (χ2v) is 3.83. The van der Waals surface area contributed by atoms with Gasteiger partial charge in [-0.3, -0.25) is 4.79 Å².